The zero-order valence-corrected chi connectivity index (χ0v) is 18.2. The Balaban J connectivity index is 2.09. The molecule has 0 aliphatic carbocycles. The molecule has 1 N–H and O–H groups in total. The van der Waals surface area contributed by atoms with E-state index in [1.165, 1.54) is 0 Å². The Morgan fingerprint density at radius 2 is 1.81 bits per heavy atom. The van der Waals surface area contributed by atoms with Gasteiger partial charge in [0.05, 0.1) is 23.4 Å². The molecular weight excluding hydrogens is 390 g/mol. The van der Waals surface area contributed by atoms with Crippen molar-refractivity contribution >= 4 is 28.4 Å². The quantitative estimate of drug-likeness (QED) is 0.545. The molecule has 0 saturated heterocycles. The Kier molecular flexibility index (Phi) is 5.27. The number of esters is 1. The lowest BCUT2D eigenvalue weighted by atomic mass is 9.91. The third-order valence-electron chi connectivity index (χ3n) is 5.90. The van der Waals surface area contributed by atoms with Crippen LogP contribution >= 0.6 is 0 Å². The van der Waals surface area contributed by atoms with Crippen LogP contribution in [0.5, 0.6) is 0 Å². The van der Waals surface area contributed by atoms with Crippen molar-refractivity contribution in [3.63, 3.8) is 0 Å². The number of ether oxygens (including phenoxy) is 1. The van der Waals surface area contributed by atoms with E-state index in [-0.39, 0.29) is 11.5 Å². The number of nitrogens with zero attached hydrogens (tertiary/aromatic N) is 1. The van der Waals surface area contributed by atoms with Gasteiger partial charge in [-0.05, 0) is 91.9 Å². The smallest absolute Gasteiger partial charge is 0.338 e. The fourth-order valence-electron chi connectivity index (χ4n) is 4.48. The molecular formula is C26H25NO4. The van der Waals surface area contributed by atoms with Gasteiger partial charge in [0.2, 0.25) is 0 Å². The maximum Gasteiger partial charge on any atom is 0.338 e. The molecule has 158 valence electrons. The molecule has 2 bridgehead atoms. The number of carboxylic acid groups (broad SMARTS) is 1. The van der Waals surface area contributed by atoms with Gasteiger partial charge >= 0.3 is 11.9 Å². The summed E-state index contributed by atoms with van der Waals surface area (Å²) in [7, 11) is 0. The third-order valence-corrected chi connectivity index (χ3v) is 5.90. The van der Waals surface area contributed by atoms with E-state index >= 15 is 0 Å². The van der Waals surface area contributed by atoms with Crippen LogP contribution in [0.1, 0.15) is 52.6 Å². The second-order valence-electron chi connectivity index (χ2n) is 7.63. The molecule has 1 aliphatic heterocycles. The van der Waals surface area contributed by atoms with Crippen LogP contribution in [-0.4, -0.2) is 28.2 Å². The first-order valence-corrected chi connectivity index (χ1v) is 10.4. The summed E-state index contributed by atoms with van der Waals surface area (Å²) < 4.78 is 7.49. The van der Waals surface area contributed by atoms with Gasteiger partial charge in [-0.1, -0.05) is 12.2 Å². The molecule has 1 aromatic heterocycles. The van der Waals surface area contributed by atoms with E-state index in [2.05, 4.69) is 22.8 Å². The third kappa shape index (κ3) is 3.36. The number of hydrogen-bond donors (Lipinski definition) is 1. The molecule has 0 radical (unpaired) electrons. The largest absolute Gasteiger partial charge is 0.478 e. The lowest BCUT2D eigenvalue weighted by Gasteiger charge is -2.22. The predicted octanol–water partition coefficient (Wildman–Crippen LogP) is 5.85. The summed E-state index contributed by atoms with van der Waals surface area (Å²) in [4.78, 5) is 24.1. The Labute approximate surface area is 181 Å². The van der Waals surface area contributed by atoms with Gasteiger partial charge in [0.1, 0.15) is 0 Å². The van der Waals surface area contributed by atoms with E-state index in [9.17, 15) is 14.7 Å². The molecule has 5 heteroatoms. The number of carbonyl (C=O) groups excluding carboxylic acids is 1. The highest BCUT2D eigenvalue weighted by molar-refractivity contribution is 6.00. The number of carbonyl (C=O) groups is 2. The minimum atomic E-state index is -0.947. The highest BCUT2D eigenvalue weighted by Crippen LogP contribution is 2.40. The molecule has 3 aromatic rings. The molecule has 0 unspecified atom stereocenters. The van der Waals surface area contributed by atoms with Gasteiger partial charge in [0.15, 0.2) is 0 Å². The first kappa shape index (κ1) is 20.7. The highest BCUT2D eigenvalue weighted by Gasteiger charge is 2.24. The standard InChI is InChI=1S/C26H25NO4/c1-5-16-14-27-23-9-8-17(25(28)29)13-22(23)15(4)24(27)19-10-18(21(16)6-2)11-20(12-19)26(30)31-7-3/h5-6,8-13H,7,14H2,1-4H3,(H,28,29)/b16-5-,21-6+. The number of aromatic carboxylic acids is 1. The number of aromatic nitrogens is 1. The van der Waals surface area contributed by atoms with Crippen molar-refractivity contribution in [3.8, 4) is 11.3 Å². The van der Waals surface area contributed by atoms with Gasteiger partial charge < -0.3 is 14.4 Å². The van der Waals surface area contributed by atoms with Crippen LogP contribution in [0.15, 0.2) is 54.1 Å². The van der Waals surface area contributed by atoms with Gasteiger partial charge in [0.25, 0.3) is 0 Å². The molecule has 0 atom stereocenters. The van der Waals surface area contributed by atoms with E-state index in [0.29, 0.717) is 18.7 Å². The van der Waals surface area contributed by atoms with Crippen molar-refractivity contribution in [1.29, 1.82) is 0 Å². The van der Waals surface area contributed by atoms with Crippen LogP contribution < -0.4 is 0 Å². The van der Waals surface area contributed by atoms with Crippen molar-refractivity contribution < 1.29 is 19.4 Å². The van der Waals surface area contributed by atoms with Crippen LogP contribution in [-0.2, 0) is 11.3 Å². The van der Waals surface area contributed by atoms with E-state index in [1.54, 1.807) is 19.1 Å². The number of rotatable bonds is 3. The predicted molar refractivity (Wildman–Crippen MR) is 122 cm³/mol. The number of hydrogen-bond acceptors (Lipinski definition) is 3. The van der Waals surface area contributed by atoms with Crippen molar-refractivity contribution in [2.24, 2.45) is 0 Å². The van der Waals surface area contributed by atoms with Gasteiger partial charge in [-0.3, -0.25) is 0 Å². The second-order valence-corrected chi connectivity index (χ2v) is 7.63. The number of aryl methyl sites for hydroxylation is 1. The molecule has 31 heavy (non-hydrogen) atoms. The Morgan fingerprint density at radius 3 is 2.45 bits per heavy atom. The number of allylic oxidation sites excluding steroid dienone is 4. The lowest BCUT2D eigenvalue weighted by molar-refractivity contribution is 0.0525. The van der Waals surface area contributed by atoms with Gasteiger partial charge in [0, 0.05) is 17.4 Å². The van der Waals surface area contributed by atoms with E-state index in [4.69, 9.17) is 4.74 Å². The highest BCUT2D eigenvalue weighted by atomic mass is 16.5. The lowest BCUT2D eigenvalue weighted by Crippen LogP contribution is -2.11. The molecule has 0 spiro atoms. The molecule has 2 heterocycles. The maximum atomic E-state index is 12.6. The summed E-state index contributed by atoms with van der Waals surface area (Å²) in [6, 6.07) is 11.1. The van der Waals surface area contributed by atoms with Gasteiger partial charge in [-0.25, -0.2) is 9.59 Å². The summed E-state index contributed by atoms with van der Waals surface area (Å²) in [5.41, 5.74) is 7.81. The number of benzene rings is 2. The zero-order valence-electron chi connectivity index (χ0n) is 18.2. The summed E-state index contributed by atoms with van der Waals surface area (Å²) in [6.45, 7) is 8.77. The monoisotopic (exact) mass is 415 g/mol. The van der Waals surface area contributed by atoms with Crippen molar-refractivity contribution in [2.45, 2.75) is 34.2 Å². The molecule has 5 nitrogen and oxygen atoms in total. The summed E-state index contributed by atoms with van der Waals surface area (Å²) >= 11 is 0. The van der Waals surface area contributed by atoms with Crippen molar-refractivity contribution in [3.05, 3.63) is 76.4 Å². The summed E-state index contributed by atoms with van der Waals surface area (Å²) in [5, 5.41) is 10.4. The molecule has 1 aliphatic rings. The number of carboxylic acids is 1. The Hall–Kier alpha value is -3.60. The Bertz CT molecular complexity index is 1290. The molecule has 0 amide bonds. The van der Waals surface area contributed by atoms with Gasteiger partial charge in [-0.15, -0.1) is 0 Å². The SMILES string of the molecule is C/C=C1\C(=C/C)Cn2c(c(C)c3cc(C(=O)O)ccc32)-c2cc(C(=O)OCC)cc1c2. The van der Waals surface area contributed by atoms with Crippen molar-refractivity contribution in [2.75, 3.05) is 6.61 Å². The second kappa shape index (κ2) is 7.91. The molecule has 0 fully saturated rings. The van der Waals surface area contributed by atoms with Crippen LogP contribution in [0.25, 0.3) is 27.7 Å². The maximum absolute atomic E-state index is 12.6. The molecule has 0 saturated carbocycles. The first-order valence-electron chi connectivity index (χ1n) is 10.4. The van der Waals surface area contributed by atoms with E-state index < -0.39 is 5.97 Å². The minimum absolute atomic E-state index is 0.260. The zero-order chi connectivity index (χ0) is 22.3. The van der Waals surface area contributed by atoms with Crippen LogP contribution in [0.4, 0.5) is 0 Å². The van der Waals surface area contributed by atoms with Crippen LogP contribution in [0.3, 0.4) is 0 Å². The summed E-state index contributed by atoms with van der Waals surface area (Å²) in [5.74, 6) is -1.30. The normalized spacial score (nSPS) is 15.6. The van der Waals surface area contributed by atoms with E-state index in [1.807, 2.05) is 39.0 Å². The van der Waals surface area contributed by atoms with Gasteiger partial charge in [-0.2, -0.15) is 0 Å². The number of fused-ring (bicyclic) bond motifs is 6. The van der Waals surface area contributed by atoms with E-state index in [0.717, 1.165) is 44.4 Å². The average molecular weight is 415 g/mol. The first-order chi connectivity index (χ1) is 14.9. The molecule has 4 rings (SSSR count). The van der Waals surface area contributed by atoms with Crippen molar-refractivity contribution in [1.82, 2.24) is 4.57 Å². The average Bonchev–Trinajstić information content (AvgIpc) is 3.03. The van der Waals surface area contributed by atoms with Crippen LogP contribution in [0.2, 0.25) is 0 Å². The Morgan fingerprint density at radius 1 is 1.06 bits per heavy atom. The fraction of sp³-hybridized carbons (Fsp3) is 0.231. The topological polar surface area (TPSA) is 68.5 Å². The van der Waals surface area contributed by atoms with Crippen LogP contribution in [0, 0.1) is 6.92 Å². The minimum Gasteiger partial charge on any atom is -0.478 e. The molecule has 2 aromatic carbocycles. The summed E-state index contributed by atoms with van der Waals surface area (Å²) in [6.07, 6.45) is 4.16. The fourth-order valence-corrected chi connectivity index (χ4v) is 4.48.